The summed E-state index contributed by atoms with van der Waals surface area (Å²) in [6, 6.07) is 7.28. The minimum atomic E-state index is -0.599. The smallest absolute Gasteiger partial charge is 0.158 e. The molecule has 2 aromatic rings. The second kappa shape index (κ2) is 5.62. The van der Waals surface area contributed by atoms with E-state index < -0.39 is 6.04 Å². The van der Waals surface area contributed by atoms with Gasteiger partial charge in [-0.25, -0.2) is 0 Å². The zero-order chi connectivity index (χ0) is 13.1. The van der Waals surface area contributed by atoms with Crippen molar-refractivity contribution in [1.82, 2.24) is 9.78 Å². The van der Waals surface area contributed by atoms with Gasteiger partial charge in [0.2, 0.25) is 0 Å². The average molecular weight is 355 g/mol. The summed E-state index contributed by atoms with van der Waals surface area (Å²) in [5.74, 6) is 0.00390. The molecule has 0 bridgehead atoms. The lowest BCUT2D eigenvalue weighted by Crippen LogP contribution is -2.22. The molecule has 4 nitrogen and oxygen atoms in total. The number of nitrogens with zero attached hydrogens (tertiary/aromatic N) is 2. The Bertz CT molecular complexity index is 548. The summed E-state index contributed by atoms with van der Waals surface area (Å²) in [5, 5.41) is 4.02. The monoisotopic (exact) mass is 355 g/mol. The van der Waals surface area contributed by atoms with Crippen molar-refractivity contribution >= 4 is 28.4 Å². The number of Topliss-reactive ketones (excluding diaryl/α,β-unsaturated/α-hetero) is 1. The van der Waals surface area contributed by atoms with Crippen molar-refractivity contribution in [3.8, 4) is 0 Å². The Hall–Kier alpha value is -1.21. The predicted molar refractivity (Wildman–Crippen MR) is 78.0 cm³/mol. The topological polar surface area (TPSA) is 60.9 Å². The van der Waals surface area contributed by atoms with Gasteiger partial charge in [0.15, 0.2) is 5.78 Å². The van der Waals surface area contributed by atoms with E-state index in [1.807, 2.05) is 24.3 Å². The van der Waals surface area contributed by atoms with Crippen LogP contribution < -0.4 is 5.73 Å². The standard InChI is InChI=1S/C13H14IN3O/c1-17-8-10(7-16-17)13(15)12(18)6-9-2-4-11(14)5-3-9/h2-5,7-8,13H,6,15H2,1H3. The molecule has 0 fully saturated rings. The number of nitrogens with two attached hydrogens (primary N) is 1. The first-order valence-electron chi connectivity index (χ1n) is 5.57. The quantitative estimate of drug-likeness (QED) is 0.852. The number of halogens is 1. The Balaban J connectivity index is 2.05. The van der Waals surface area contributed by atoms with Crippen LogP contribution in [-0.4, -0.2) is 15.6 Å². The molecule has 18 heavy (non-hydrogen) atoms. The molecule has 0 saturated heterocycles. The molecule has 5 heteroatoms. The Morgan fingerprint density at radius 3 is 2.67 bits per heavy atom. The van der Waals surface area contributed by atoms with Gasteiger partial charge in [-0.3, -0.25) is 9.48 Å². The number of aryl methyl sites for hydroxylation is 1. The predicted octanol–water partition coefficient (Wildman–Crippen LogP) is 1.84. The van der Waals surface area contributed by atoms with Gasteiger partial charge < -0.3 is 5.73 Å². The highest BCUT2D eigenvalue weighted by molar-refractivity contribution is 14.1. The van der Waals surface area contributed by atoms with Crippen LogP contribution in [0.25, 0.3) is 0 Å². The Labute approximate surface area is 119 Å². The fourth-order valence-electron chi connectivity index (χ4n) is 1.70. The first-order valence-corrected chi connectivity index (χ1v) is 6.65. The van der Waals surface area contributed by atoms with Crippen LogP contribution in [-0.2, 0) is 18.3 Å². The molecular formula is C13H14IN3O. The summed E-state index contributed by atoms with van der Waals surface area (Å²) in [6.45, 7) is 0. The second-order valence-electron chi connectivity index (χ2n) is 4.19. The number of aromatic nitrogens is 2. The van der Waals surface area contributed by atoms with Gasteiger partial charge in [-0.15, -0.1) is 0 Å². The Morgan fingerprint density at radius 1 is 1.44 bits per heavy atom. The largest absolute Gasteiger partial charge is 0.318 e. The molecule has 0 aliphatic heterocycles. The third kappa shape index (κ3) is 3.17. The lowest BCUT2D eigenvalue weighted by molar-refractivity contribution is -0.119. The third-order valence-corrected chi connectivity index (χ3v) is 3.44. The number of carbonyl (C=O) groups is 1. The van der Waals surface area contributed by atoms with Gasteiger partial charge in [-0.1, -0.05) is 12.1 Å². The van der Waals surface area contributed by atoms with Crippen molar-refractivity contribution in [2.75, 3.05) is 0 Å². The molecule has 0 spiro atoms. The molecular weight excluding hydrogens is 341 g/mol. The summed E-state index contributed by atoms with van der Waals surface area (Å²) in [5.41, 5.74) is 7.67. The highest BCUT2D eigenvalue weighted by Crippen LogP contribution is 2.14. The van der Waals surface area contributed by atoms with E-state index >= 15 is 0 Å². The summed E-state index contributed by atoms with van der Waals surface area (Å²) in [4.78, 5) is 12.0. The number of benzene rings is 1. The van der Waals surface area contributed by atoms with E-state index in [0.717, 1.165) is 14.7 Å². The third-order valence-electron chi connectivity index (χ3n) is 2.72. The highest BCUT2D eigenvalue weighted by atomic mass is 127. The molecule has 1 heterocycles. The average Bonchev–Trinajstić information content (AvgIpc) is 2.78. The number of carbonyl (C=O) groups excluding carboxylic acids is 1. The highest BCUT2D eigenvalue weighted by Gasteiger charge is 2.17. The second-order valence-corrected chi connectivity index (χ2v) is 5.44. The minimum absolute atomic E-state index is 0.00390. The maximum atomic E-state index is 12.0. The lowest BCUT2D eigenvalue weighted by atomic mass is 10.0. The van der Waals surface area contributed by atoms with Gasteiger partial charge in [0, 0.05) is 28.8 Å². The molecule has 0 aliphatic rings. The molecule has 1 atom stereocenters. The number of ketones is 1. The zero-order valence-electron chi connectivity index (χ0n) is 10.0. The van der Waals surface area contributed by atoms with Crippen LogP contribution in [0.15, 0.2) is 36.7 Å². The first-order chi connectivity index (χ1) is 8.56. The number of rotatable bonds is 4. The molecule has 0 aliphatic carbocycles. The van der Waals surface area contributed by atoms with Gasteiger partial charge in [-0.05, 0) is 40.3 Å². The minimum Gasteiger partial charge on any atom is -0.318 e. The van der Waals surface area contributed by atoms with E-state index in [0.29, 0.717) is 6.42 Å². The molecule has 0 radical (unpaired) electrons. The van der Waals surface area contributed by atoms with E-state index in [-0.39, 0.29) is 5.78 Å². The molecule has 1 aromatic carbocycles. The van der Waals surface area contributed by atoms with Crippen LogP contribution >= 0.6 is 22.6 Å². The molecule has 0 saturated carbocycles. The summed E-state index contributed by atoms with van der Waals surface area (Å²) in [6.07, 6.45) is 3.76. The number of hydrogen-bond donors (Lipinski definition) is 1. The van der Waals surface area contributed by atoms with E-state index in [9.17, 15) is 4.79 Å². The molecule has 1 aromatic heterocycles. The summed E-state index contributed by atoms with van der Waals surface area (Å²) >= 11 is 2.23. The van der Waals surface area contributed by atoms with Crippen molar-refractivity contribution in [3.05, 3.63) is 51.4 Å². The number of hydrogen-bond acceptors (Lipinski definition) is 3. The van der Waals surface area contributed by atoms with E-state index in [1.165, 1.54) is 0 Å². The van der Waals surface area contributed by atoms with Crippen molar-refractivity contribution in [2.45, 2.75) is 12.5 Å². The summed E-state index contributed by atoms with van der Waals surface area (Å²) in [7, 11) is 1.81. The van der Waals surface area contributed by atoms with Gasteiger partial charge in [0.1, 0.15) is 0 Å². The van der Waals surface area contributed by atoms with Gasteiger partial charge in [-0.2, -0.15) is 5.10 Å². The lowest BCUT2D eigenvalue weighted by Gasteiger charge is -2.08. The van der Waals surface area contributed by atoms with Gasteiger partial charge in [0.25, 0.3) is 0 Å². The normalized spacial score (nSPS) is 12.4. The van der Waals surface area contributed by atoms with Crippen molar-refractivity contribution in [1.29, 1.82) is 0 Å². The fraction of sp³-hybridized carbons (Fsp3) is 0.231. The molecule has 94 valence electrons. The molecule has 0 amide bonds. The van der Waals surface area contributed by atoms with Crippen LogP contribution in [0.1, 0.15) is 17.2 Å². The van der Waals surface area contributed by atoms with Crippen molar-refractivity contribution in [2.24, 2.45) is 12.8 Å². The van der Waals surface area contributed by atoms with E-state index in [1.54, 1.807) is 24.1 Å². The van der Waals surface area contributed by atoms with Crippen LogP contribution in [0.2, 0.25) is 0 Å². The van der Waals surface area contributed by atoms with Crippen LogP contribution in [0.4, 0.5) is 0 Å². The fourth-order valence-corrected chi connectivity index (χ4v) is 2.06. The van der Waals surface area contributed by atoms with E-state index in [2.05, 4.69) is 27.7 Å². The first kappa shape index (κ1) is 13.2. The van der Waals surface area contributed by atoms with E-state index in [4.69, 9.17) is 5.73 Å². The summed E-state index contributed by atoms with van der Waals surface area (Å²) < 4.78 is 2.80. The van der Waals surface area contributed by atoms with Gasteiger partial charge >= 0.3 is 0 Å². The molecule has 1 unspecified atom stereocenters. The van der Waals surface area contributed by atoms with Crippen LogP contribution in [0, 0.1) is 3.57 Å². The van der Waals surface area contributed by atoms with Crippen molar-refractivity contribution in [3.63, 3.8) is 0 Å². The van der Waals surface area contributed by atoms with Gasteiger partial charge in [0.05, 0.1) is 12.2 Å². The van der Waals surface area contributed by atoms with Crippen LogP contribution in [0.5, 0.6) is 0 Å². The van der Waals surface area contributed by atoms with Crippen molar-refractivity contribution < 1.29 is 4.79 Å². The maximum Gasteiger partial charge on any atom is 0.158 e. The SMILES string of the molecule is Cn1cc(C(N)C(=O)Cc2ccc(I)cc2)cn1. The Kier molecular flexibility index (Phi) is 4.13. The van der Waals surface area contributed by atoms with Crippen LogP contribution in [0.3, 0.4) is 0 Å². The Morgan fingerprint density at radius 2 is 2.11 bits per heavy atom. The maximum absolute atomic E-state index is 12.0. The molecule has 2 N–H and O–H groups in total. The molecule has 2 rings (SSSR count). The zero-order valence-corrected chi connectivity index (χ0v) is 12.2.